The number of nitrogens with zero attached hydrogens (tertiary/aromatic N) is 1. The van der Waals surface area contributed by atoms with Gasteiger partial charge in [0.1, 0.15) is 0 Å². The molecule has 0 aromatic heterocycles. The van der Waals surface area contributed by atoms with Crippen LogP contribution in [0.3, 0.4) is 0 Å². The summed E-state index contributed by atoms with van der Waals surface area (Å²) in [5, 5.41) is 0. The minimum absolute atomic E-state index is 0.831. The molecule has 1 nitrogen and oxygen atoms in total. The molecule has 0 N–H and O–H groups in total. The summed E-state index contributed by atoms with van der Waals surface area (Å²) in [4.78, 5) is 6.87. The number of hydrogen-bond acceptors (Lipinski definition) is 2. The van der Waals surface area contributed by atoms with Crippen molar-refractivity contribution in [2.45, 2.75) is 16.7 Å². The van der Waals surface area contributed by atoms with Crippen LogP contribution in [0, 0.1) is 6.92 Å². The van der Waals surface area contributed by atoms with Crippen molar-refractivity contribution >= 4 is 30.9 Å². The number of benzene rings is 2. The molecule has 0 radical (unpaired) electrons. The second kappa shape index (κ2) is 4.42. The van der Waals surface area contributed by atoms with E-state index in [1.54, 1.807) is 0 Å². The van der Waals surface area contributed by atoms with E-state index in [4.69, 9.17) is 0 Å². The molecule has 1 aliphatic heterocycles. The molecule has 17 heavy (non-hydrogen) atoms. The van der Waals surface area contributed by atoms with Crippen molar-refractivity contribution < 1.29 is 0 Å². The Labute approximate surface area is 106 Å². The minimum atomic E-state index is 0.831. The zero-order valence-corrected chi connectivity index (χ0v) is 10.5. The number of rotatable bonds is 2. The van der Waals surface area contributed by atoms with E-state index in [9.17, 15) is 0 Å². The number of aryl methyl sites for hydroxylation is 1. The number of hydrogen-bond donors (Lipinski definition) is 0. The molecular weight excluding hydrogens is 225 g/mol. The van der Waals surface area contributed by atoms with Crippen LogP contribution in [0.5, 0.6) is 0 Å². The molecule has 0 amide bonds. The van der Waals surface area contributed by atoms with Gasteiger partial charge in [0.15, 0.2) is 0 Å². The average molecular weight is 237 g/mol. The topological polar surface area (TPSA) is 12.4 Å². The Bertz CT molecular complexity index is 593. The molecule has 1 aliphatic rings. The maximum absolute atomic E-state index is 4.28. The Hall–Kier alpha value is -1.48. The van der Waals surface area contributed by atoms with Crippen LogP contribution < -0.4 is 5.46 Å². The fourth-order valence-electron chi connectivity index (χ4n) is 1.97. The molecule has 0 spiro atoms. The Morgan fingerprint density at radius 3 is 2.82 bits per heavy atom. The van der Waals surface area contributed by atoms with Crippen LogP contribution >= 0.6 is 11.8 Å². The van der Waals surface area contributed by atoms with Gasteiger partial charge in [-0.25, -0.2) is 0 Å². The second-order valence-corrected chi connectivity index (χ2v) is 5.40. The molecular formula is C14H12BNS. The molecule has 0 fully saturated rings. The van der Waals surface area contributed by atoms with Crippen LogP contribution in [0.4, 0.5) is 0 Å². The van der Waals surface area contributed by atoms with Gasteiger partial charge in [-0.3, -0.25) is 0 Å². The molecule has 1 heterocycles. The van der Waals surface area contributed by atoms with Crippen molar-refractivity contribution in [2.24, 2.45) is 4.90 Å². The average Bonchev–Trinajstić information content (AvgIpc) is 2.76. The molecule has 0 unspecified atom stereocenters. The highest BCUT2D eigenvalue weighted by Gasteiger charge is 2.08. The van der Waals surface area contributed by atoms with Gasteiger partial charge in [-0.05, 0) is 36.1 Å². The smallest absolute Gasteiger partial charge is 0.295 e. The Kier molecular flexibility index (Phi) is 2.77. The first-order valence-corrected chi connectivity index (χ1v) is 6.50. The Morgan fingerprint density at radius 1 is 1.06 bits per heavy atom. The molecule has 0 saturated carbocycles. The second-order valence-electron chi connectivity index (χ2n) is 4.25. The van der Waals surface area contributed by atoms with Gasteiger partial charge in [0.05, 0.1) is 0 Å². The molecule has 2 aromatic carbocycles. The summed E-state index contributed by atoms with van der Waals surface area (Å²) in [6.07, 6.45) is 1.95. The Morgan fingerprint density at radius 2 is 1.94 bits per heavy atom. The maximum atomic E-state index is 4.28. The predicted molar refractivity (Wildman–Crippen MR) is 76.1 cm³/mol. The van der Waals surface area contributed by atoms with Crippen molar-refractivity contribution in [1.82, 2.24) is 0 Å². The van der Waals surface area contributed by atoms with Crippen LogP contribution in [-0.2, 0) is 0 Å². The lowest BCUT2D eigenvalue weighted by atomic mass is 9.84. The summed E-state index contributed by atoms with van der Waals surface area (Å²) in [6, 6.07) is 15.2. The predicted octanol–water partition coefficient (Wildman–Crippen LogP) is 2.56. The van der Waals surface area contributed by atoms with Crippen LogP contribution in [0.1, 0.15) is 11.1 Å². The quantitative estimate of drug-likeness (QED) is 0.731. The van der Waals surface area contributed by atoms with Crippen LogP contribution in [0.15, 0.2) is 57.2 Å². The molecule has 0 atom stereocenters. The highest BCUT2D eigenvalue weighted by atomic mass is 32.2. The maximum Gasteiger partial charge on any atom is 0.295 e. The third-order valence-corrected chi connectivity index (χ3v) is 3.81. The largest absolute Gasteiger partial charge is 0.347 e. The third kappa shape index (κ3) is 2.29. The first kappa shape index (κ1) is 10.7. The SMILES string of the molecule is Cc1cccc(Sc2ccc3c(c2)BN=C3)c1. The molecule has 0 bridgehead atoms. The highest BCUT2D eigenvalue weighted by Crippen LogP contribution is 2.27. The number of fused-ring (bicyclic) bond motifs is 1. The lowest BCUT2D eigenvalue weighted by molar-refractivity contribution is 1.35. The molecule has 0 aliphatic carbocycles. The van der Waals surface area contributed by atoms with Crippen LogP contribution in [0.25, 0.3) is 0 Å². The summed E-state index contributed by atoms with van der Waals surface area (Å²) in [6.45, 7) is 2.13. The lowest BCUT2D eigenvalue weighted by Crippen LogP contribution is -2.11. The van der Waals surface area contributed by atoms with E-state index in [1.807, 2.05) is 18.0 Å². The fourth-order valence-corrected chi connectivity index (χ4v) is 2.97. The third-order valence-electron chi connectivity index (χ3n) is 2.83. The summed E-state index contributed by atoms with van der Waals surface area (Å²) in [7, 11) is 0.831. The summed E-state index contributed by atoms with van der Waals surface area (Å²) < 4.78 is 0. The van der Waals surface area contributed by atoms with Gasteiger partial charge in [0.25, 0.3) is 7.41 Å². The van der Waals surface area contributed by atoms with Crippen molar-refractivity contribution in [2.75, 3.05) is 0 Å². The van der Waals surface area contributed by atoms with E-state index >= 15 is 0 Å². The van der Waals surface area contributed by atoms with E-state index in [1.165, 1.54) is 26.4 Å². The molecule has 2 aromatic rings. The van der Waals surface area contributed by atoms with E-state index in [2.05, 4.69) is 54.3 Å². The Balaban J connectivity index is 1.87. The van der Waals surface area contributed by atoms with Crippen molar-refractivity contribution in [3.63, 3.8) is 0 Å². The van der Waals surface area contributed by atoms with E-state index in [0.717, 1.165) is 7.41 Å². The molecule has 3 heteroatoms. The molecule has 3 rings (SSSR count). The minimum Gasteiger partial charge on any atom is -0.347 e. The van der Waals surface area contributed by atoms with Crippen molar-refractivity contribution in [3.05, 3.63) is 53.6 Å². The van der Waals surface area contributed by atoms with Gasteiger partial charge in [-0.15, -0.1) is 0 Å². The van der Waals surface area contributed by atoms with Gasteiger partial charge in [0.2, 0.25) is 0 Å². The van der Waals surface area contributed by atoms with Crippen molar-refractivity contribution in [1.29, 1.82) is 0 Å². The lowest BCUT2D eigenvalue weighted by Gasteiger charge is -2.04. The first-order valence-electron chi connectivity index (χ1n) is 5.68. The van der Waals surface area contributed by atoms with Gasteiger partial charge in [-0.2, -0.15) is 0 Å². The van der Waals surface area contributed by atoms with Crippen LogP contribution in [-0.4, -0.2) is 13.6 Å². The zero-order valence-electron chi connectivity index (χ0n) is 9.68. The van der Waals surface area contributed by atoms with Gasteiger partial charge in [-0.1, -0.05) is 41.6 Å². The molecule has 82 valence electrons. The van der Waals surface area contributed by atoms with Gasteiger partial charge in [0, 0.05) is 16.0 Å². The molecule has 0 saturated heterocycles. The highest BCUT2D eigenvalue weighted by molar-refractivity contribution is 7.99. The van der Waals surface area contributed by atoms with E-state index < -0.39 is 0 Å². The summed E-state index contributed by atoms with van der Waals surface area (Å²) in [5.41, 5.74) is 3.90. The van der Waals surface area contributed by atoms with Crippen LogP contribution in [0.2, 0.25) is 0 Å². The standard InChI is InChI=1S/C14H12BNS/c1-10-3-2-4-12(7-10)17-13-6-5-11-9-16-15-14(11)8-13/h2-9,15H,1H3. The van der Waals surface area contributed by atoms with Gasteiger partial charge >= 0.3 is 0 Å². The van der Waals surface area contributed by atoms with Gasteiger partial charge < -0.3 is 4.90 Å². The van der Waals surface area contributed by atoms with Crippen molar-refractivity contribution in [3.8, 4) is 0 Å². The first-order chi connectivity index (χ1) is 8.31. The zero-order chi connectivity index (χ0) is 11.7. The summed E-state index contributed by atoms with van der Waals surface area (Å²) >= 11 is 1.81. The normalized spacial score (nSPS) is 12.3. The summed E-state index contributed by atoms with van der Waals surface area (Å²) in [5.74, 6) is 0. The fraction of sp³-hybridized carbons (Fsp3) is 0.0714. The van der Waals surface area contributed by atoms with E-state index in [0.29, 0.717) is 0 Å². The monoisotopic (exact) mass is 237 g/mol. The van der Waals surface area contributed by atoms with E-state index in [-0.39, 0.29) is 0 Å².